The van der Waals surface area contributed by atoms with Crippen LogP contribution in [0.15, 0.2) is 42.5 Å². The number of halogens is 1. The van der Waals surface area contributed by atoms with Gasteiger partial charge in [-0.05, 0) is 36.1 Å². The van der Waals surface area contributed by atoms with E-state index in [-0.39, 0.29) is 29.1 Å². The maximum Gasteiger partial charge on any atom is 0.271 e. The molecule has 0 radical (unpaired) electrons. The van der Waals surface area contributed by atoms with Gasteiger partial charge in [-0.3, -0.25) is 14.9 Å². The number of nitro benzene ring substituents is 1. The van der Waals surface area contributed by atoms with Gasteiger partial charge in [0.1, 0.15) is 0 Å². The Morgan fingerprint density at radius 3 is 2.74 bits per heavy atom. The SMILES string of the molecule is Nc1cc([N+](=O)[O-])ccc1NC(=O)[C@H]1C[C@@H]1c1cccc(Cl)c1. The van der Waals surface area contributed by atoms with E-state index in [4.69, 9.17) is 17.3 Å². The summed E-state index contributed by atoms with van der Waals surface area (Å²) in [5, 5.41) is 14.1. The van der Waals surface area contributed by atoms with Crippen LogP contribution < -0.4 is 11.1 Å². The molecule has 1 amide bonds. The molecule has 0 aliphatic heterocycles. The van der Waals surface area contributed by atoms with Crippen LogP contribution in [0.1, 0.15) is 17.9 Å². The van der Waals surface area contributed by atoms with E-state index in [1.165, 1.54) is 18.2 Å². The molecule has 1 fully saturated rings. The number of hydrogen-bond acceptors (Lipinski definition) is 4. The van der Waals surface area contributed by atoms with Crippen LogP contribution in [0, 0.1) is 16.0 Å². The molecular formula is C16H14ClN3O3. The van der Waals surface area contributed by atoms with E-state index in [0.717, 1.165) is 12.0 Å². The van der Waals surface area contributed by atoms with E-state index in [1.807, 2.05) is 18.2 Å². The molecule has 23 heavy (non-hydrogen) atoms. The van der Waals surface area contributed by atoms with Gasteiger partial charge in [0.2, 0.25) is 5.91 Å². The summed E-state index contributed by atoms with van der Waals surface area (Å²) in [7, 11) is 0. The van der Waals surface area contributed by atoms with Gasteiger partial charge in [-0.1, -0.05) is 23.7 Å². The minimum Gasteiger partial charge on any atom is -0.397 e. The smallest absolute Gasteiger partial charge is 0.271 e. The van der Waals surface area contributed by atoms with Crippen molar-refractivity contribution in [1.82, 2.24) is 0 Å². The number of hydrogen-bond donors (Lipinski definition) is 2. The van der Waals surface area contributed by atoms with E-state index >= 15 is 0 Å². The Balaban J connectivity index is 1.68. The largest absolute Gasteiger partial charge is 0.397 e. The first-order valence-corrected chi connectivity index (χ1v) is 7.44. The van der Waals surface area contributed by atoms with Gasteiger partial charge in [-0.2, -0.15) is 0 Å². The summed E-state index contributed by atoms with van der Waals surface area (Å²) in [5.74, 6) is -0.133. The molecule has 0 saturated heterocycles. The number of carbonyl (C=O) groups is 1. The lowest BCUT2D eigenvalue weighted by atomic mass is 10.1. The molecule has 6 nitrogen and oxygen atoms in total. The van der Waals surface area contributed by atoms with Gasteiger partial charge in [0.05, 0.1) is 16.3 Å². The zero-order valence-corrected chi connectivity index (χ0v) is 12.8. The zero-order chi connectivity index (χ0) is 16.6. The van der Waals surface area contributed by atoms with Crippen molar-refractivity contribution in [1.29, 1.82) is 0 Å². The Kier molecular flexibility index (Phi) is 3.92. The fraction of sp³-hybridized carbons (Fsp3) is 0.188. The highest BCUT2D eigenvalue weighted by molar-refractivity contribution is 6.30. The summed E-state index contributed by atoms with van der Waals surface area (Å²) in [4.78, 5) is 22.4. The second-order valence-electron chi connectivity index (χ2n) is 5.52. The van der Waals surface area contributed by atoms with Crippen molar-refractivity contribution >= 4 is 34.6 Å². The number of nitrogens with zero attached hydrogens (tertiary/aromatic N) is 1. The number of amides is 1. The molecule has 1 saturated carbocycles. The molecule has 1 aliphatic carbocycles. The van der Waals surface area contributed by atoms with Crippen LogP contribution >= 0.6 is 11.6 Å². The Bertz CT molecular complexity index is 794. The molecule has 0 heterocycles. The highest BCUT2D eigenvalue weighted by atomic mass is 35.5. The molecule has 0 spiro atoms. The predicted molar refractivity (Wildman–Crippen MR) is 88.4 cm³/mol. The van der Waals surface area contributed by atoms with E-state index in [9.17, 15) is 14.9 Å². The van der Waals surface area contributed by atoms with Crippen LogP contribution in [0.25, 0.3) is 0 Å². The standard InChI is InChI=1S/C16H14ClN3O3/c17-10-3-1-2-9(6-10)12-8-13(12)16(21)19-15-5-4-11(20(22)23)7-14(15)18/h1-7,12-13H,8,18H2,(H,19,21)/t12-,13+/m1/s1. The fourth-order valence-corrected chi connectivity index (χ4v) is 2.79. The van der Waals surface area contributed by atoms with Crippen LogP contribution in [0.4, 0.5) is 17.1 Å². The number of nitrogens with two attached hydrogens (primary N) is 1. The van der Waals surface area contributed by atoms with Crippen molar-refractivity contribution < 1.29 is 9.72 Å². The maximum absolute atomic E-state index is 12.3. The van der Waals surface area contributed by atoms with Gasteiger partial charge < -0.3 is 11.1 Å². The van der Waals surface area contributed by atoms with Crippen molar-refractivity contribution in [3.8, 4) is 0 Å². The average Bonchev–Trinajstić information content (AvgIpc) is 3.29. The number of nitro groups is 1. The third-order valence-corrected chi connectivity index (χ3v) is 4.14. The number of benzene rings is 2. The molecule has 0 aromatic heterocycles. The van der Waals surface area contributed by atoms with E-state index in [2.05, 4.69) is 5.32 Å². The topological polar surface area (TPSA) is 98.3 Å². The molecule has 3 N–H and O–H groups in total. The number of nitrogen functional groups attached to an aromatic ring is 1. The van der Waals surface area contributed by atoms with Crippen LogP contribution in [-0.4, -0.2) is 10.8 Å². The number of nitrogens with one attached hydrogen (secondary N) is 1. The maximum atomic E-state index is 12.3. The van der Waals surface area contributed by atoms with Crippen LogP contribution in [0.2, 0.25) is 5.02 Å². The molecule has 1 aliphatic rings. The summed E-state index contributed by atoms with van der Waals surface area (Å²) in [6.45, 7) is 0. The zero-order valence-electron chi connectivity index (χ0n) is 12.0. The Hall–Kier alpha value is -2.60. The van der Waals surface area contributed by atoms with Gasteiger partial charge in [0, 0.05) is 23.1 Å². The Morgan fingerprint density at radius 2 is 2.09 bits per heavy atom. The molecule has 2 atom stereocenters. The summed E-state index contributed by atoms with van der Waals surface area (Å²) >= 11 is 5.96. The number of anilines is 2. The van der Waals surface area contributed by atoms with Gasteiger partial charge in [-0.25, -0.2) is 0 Å². The molecule has 3 rings (SSSR count). The molecule has 118 valence electrons. The van der Waals surface area contributed by atoms with Gasteiger partial charge >= 0.3 is 0 Å². The van der Waals surface area contributed by atoms with Crippen molar-refractivity contribution in [2.75, 3.05) is 11.1 Å². The first-order chi connectivity index (χ1) is 11.0. The normalized spacial score (nSPS) is 19.2. The highest BCUT2D eigenvalue weighted by Crippen LogP contribution is 2.48. The summed E-state index contributed by atoms with van der Waals surface area (Å²) in [5.41, 5.74) is 7.25. The lowest BCUT2D eigenvalue weighted by molar-refractivity contribution is -0.384. The third-order valence-electron chi connectivity index (χ3n) is 3.91. The fourth-order valence-electron chi connectivity index (χ4n) is 2.59. The summed E-state index contributed by atoms with van der Waals surface area (Å²) < 4.78 is 0. The van der Waals surface area contributed by atoms with Crippen LogP contribution in [0.3, 0.4) is 0 Å². The number of non-ortho nitro benzene ring substituents is 1. The number of rotatable bonds is 4. The van der Waals surface area contributed by atoms with Crippen LogP contribution in [-0.2, 0) is 4.79 Å². The minimum atomic E-state index is -0.530. The molecule has 7 heteroatoms. The van der Waals surface area contributed by atoms with Crippen molar-refractivity contribution in [2.45, 2.75) is 12.3 Å². The first kappa shape index (κ1) is 15.3. The summed E-state index contributed by atoms with van der Waals surface area (Å²) in [6.07, 6.45) is 0.749. The van der Waals surface area contributed by atoms with E-state index in [0.29, 0.717) is 10.7 Å². The predicted octanol–water partition coefficient (Wildman–Crippen LogP) is 3.57. The summed E-state index contributed by atoms with van der Waals surface area (Å²) in [6, 6.07) is 11.5. The third kappa shape index (κ3) is 3.27. The monoisotopic (exact) mass is 331 g/mol. The second kappa shape index (κ2) is 5.89. The van der Waals surface area contributed by atoms with Crippen molar-refractivity contribution in [2.24, 2.45) is 5.92 Å². The quantitative estimate of drug-likeness (QED) is 0.508. The van der Waals surface area contributed by atoms with Crippen LogP contribution in [0.5, 0.6) is 0 Å². The minimum absolute atomic E-state index is 0.108. The number of carbonyl (C=O) groups excluding carboxylic acids is 1. The first-order valence-electron chi connectivity index (χ1n) is 7.06. The molecular weight excluding hydrogens is 318 g/mol. The Labute approximate surface area is 137 Å². The second-order valence-corrected chi connectivity index (χ2v) is 5.96. The highest BCUT2D eigenvalue weighted by Gasteiger charge is 2.44. The van der Waals surface area contributed by atoms with Crippen molar-refractivity contribution in [3.63, 3.8) is 0 Å². The molecule has 0 bridgehead atoms. The van der Waals surface area contributed by atoms with E-state index < -0.39 is 4.92 Å². The van der Waals surface area contributed by atoms with Gasteiger partial charge in [-0.15, -0.1) is 0 Å². The van der Waals surface area contributed by atoms with Gasteiger partial charge in [0.15, 0.2) is 0 Å². The molecule has 0 unspecified atom stereocenters. The van der Waals surface area contributed by atoms with Crippen molar-refractivity contribution in [3.05, 3.63) is 63.2 Å². The van der Waals surface area contributed by atoms with E-state index in [1.54, 1.807) is 6.07 Å². The Morgan fingerprint density at radius 1 is 1.30 bits per heavy atom. The lowest BCUT2D eigenvalue weighted by Crippen LogP contribution is -2.15. The molecule has 2 aromatic carbocycles. The average molecular weight is 332 g/mol. The molecule has 2 aromatic rings. The van der Waals surface area contributed by atoms with Gasteiger partial charge in [0.25, 0.3) is 5.69 Å². The lowest BCUT2D eigenvalue weighted by Gasteiger charge is -2.08.